The zero-order valence-corrected chi connectivity index (χ0v) is 13.2. The molecule has 0 aliphatic heterocycles. The third-order valence-corrected chi connectivity index (χ3v) is 3.82. The molecule has 0 atom stereocenters. The van der Waals surface area contributed by atoms with Crippen LogP contribution in [-0.4, -0.2) is 9.97 Å². The van der Waals surface area contributed by atoms with Crippen molar-refractivity contribution in [3.05, 3.63) is 78.4 Å². The van der Waals surface area contributed by atoms with E-state index in [1.807, 2.05) is 36.4 Å². The average molecular weight is 327 g/mol. The van der Waals surface area contributed by atoms with Crippen LogP contribution in [0.5, 0.6) is 5.75 Å². The van der Waals surface area contributed by atoms with Crippen LogP contribution in [0.15, 0.2) is 71.7 Å². The number of rotatable bonds is 4. The summed E-state index contributed by atoms with van der Waals surface area (Å²) in [7, 11) is 0. The predicted octanol–water partition coefficient (Wildman–Crippen LogP) is 4.34. The molecule has 0 amide bonds. The molecule has 0 aliphatic carbocycles. The number of nitriles is 1. The first kappa shape index (κ1) is 14.9. The molecule has 3 heterocycles. The lowest BCUT2D eigenvalue weighted by molar-refractivity contribution is 0.306. The van der Waals surface area contributed by atoms with E-state index in [0.29, 0.717) is 17.9 Å². The lowest BCUT2D eigenvalue weighted by Gasteiger charge is -2.05. The summed E-state index contributed by atoms with van der Waals surface area (Å²) in [5.41, 5.74) is 2.96. The van der Waals surface area contributed by atoms with Crippen LogP contribution in [0.2, 0.25) is 0 Å². The predicted molar refractivity (Wildman–Crippen MR) is 92.7 cm³/mol. The molecule has 0 saturated carbocycles. The molecule has 0 fully saturated rings. The molecule has 4 rings (SSSR count). The molecule has 0 bridgehead atoms. The normalized spacial score (nSPS) is 10.5. The highest BCUT2D eigenvalue weighted by Crippen LogP contribution is 2.31. The molecular formula is C20H13N3O2. The van der Waals surface area contributed by atoms with Crippen LogP contribution < -0.4 is 4.74 Å². The summed E-state index contributed by atoms with van der Waals surface area (Å²) >= 11 is 0. The Bertz CT molecular complexity index is 1070. The fraction of sp³-hybridized carbons (Fsp3) is 0.0500. The average Bonchev–Trinajstić information content (AvgIpc) is 3.10. The van der Waals surface area contributed by atoms with Gasteiger partial charge >= 0.3 is 0 Å². The quantitative estimate of drug-likeness (QED) is 0.557. The third kappa shape index (κ3) is 3.06. The summed E-state index contributed by atoms with van der Waals surface area (Å²) in [5.74, 6) is 1.39. The molecule has 0 unspecified atom stereocenters. The molecule has 120 valence electrons. The van der Waals surface area contributed by atoms with Crippen molar-refractivity contribution in [2.24, 2.45) is 0 Å². The summed E-state index contributed by atoms with van der Waals surface area (Å²) < 4.78 is 11.7. The SMILES string of the molecule is N#Cc1cnccc1-c1cc2cc(OCc3cccnc3)ccc2o1. The Morgan fingerprint density at radius 1 is 1.04 bits per heavy atom. The van der Waals surface area contributed by atoms with Crippen molar-refractivity contribution in [1.82, 2.24) is 9.97 Å². The van der Waals surface area contributed by atoms with Crippen molar-refractivity contribution < 1.29 is 9.15 Å². The fourth-order valence-electron chi connectivity index (χ4n) is 2.59. The molecule has 0 N–H and O–H groups in total. The minimum atomic E-state index is 0.451. The number of pyridine rings is 2. The molecule has 0 radical (unpaired) electrons. The highest BCUT2D eigenvalue weighted by molar-refractivity contribution is 5.85. The van der Waals surface area contributed by atoms with Crippen LogP contribution in [0.25, 0.3) is 22.3 Å². The standard InChI is InChI=1S/C20H13N3O2/c21-10-16-12-23-7-5-18(16)20-9-15-8-17(3-4-19(15)25-20)24-13-14-2-1-6-22-11-14/h1-9,11-12H,13H2. The van der Waals surface area contributed by atoms with Gasteiger partial charge in [0.25, 0.3) is 0 Å². The van der Waals surface area contributed by atoms with E-state index in [2.05, 4.69) is 16.0 Å². The van der Waals surface area contributed by atoms with Gasteiger partial charge < -0.3 is 9.15 Å². The Kier molecular flexibility index (Phi) is 3.85. The van der Waals surface area contributed by atoms with E-state index >= 15 is 0 Å². The number of aromatic nitrogens is 2. The second-order valence-corrected chi connectivity index (χ2v) is 5.49. The number of benzene rings is 1. The van der Waals surface area contributed by atoms with Crippen molar-refractivity contribution >= 4 is 11.0 Å². The van der Waals surface area contributed by atoms with Crippen molar-refractivity contribution in [1.29, 1.82) is 5.26 Å². The van der Waals surface area contributed by atoms with Crippen LogP contribution in [-0.2, 0) is 6.61 Å². The highest BCUT2D eigenvalue weighted by Gasteiger charge is 2.11. The van der Waals surface area contributed by atoms with Crippen LogP contribution >= 0.6 is 0 Å². The summed E-state index contributed by atoms with van der Waals surface area (Å²) in [4.78, 5) is 8.05. The molecule has 0 spiro atoms. The van der Waals surface area contributed by atoms with Crippen LogP contribution in [0.3, 0.4) is 0 Å². The Balaban J connectivity index is 1.62. The minimum Gasteiger partial charge on any atom is -0.489 e. The molecule has 0 aliphatic rings. The zero-order chi connectivity index (χ0) is 17.1. The Morgan fingerprint density at radius 3 is 2.80 bits per heavy atom. The number of hydrogen-bond acceptors (Lipinski definition) is 5. The topological polar surface area (TPSA) is 71.9 Å². The molecule has 5 nitrogen and oxygen atoms in total. The first-order valence-corrected chi connectivity index (χ1v) is 7.73. The van der Waals surface area contributed by atoms with Gasteiger partial charge in [0.15, 0.2) is 0 Å². The van der Waals surface area contributed by atoms with Gasteiger partial charge in [0.05, 0.1) is 5.56 Å². The van der Waals surface area contributed by atoms with E-state index < -0.39 is 0 Å². The summed E-state index contributed by atoms with van der Waals surface area (Å²) in [6.07, 6.45) is 6.69. The van der Waals surface area contributed by atoms with E-state index in [1.165, 1.54) is 6.20 Å². The van der Waals surface area contributed by atoms with Crippen molar-refractivity contribution in [2.45, 2.75) is 6.61 Å². The zero-order valence-electron chi connectivity index (χ0n) is 13.2. The molecule has 3 aromatic heterocycles. The molecule has 5 heteroatoms. The van der Waals surface area contributed by atoms with Gasteiger partial charge in [-0.15, -0.1) is 0 Å². The van der Waals surface area contributed by atoms with Crippen LogP contribution in [0, 0.1) is 11.3 Å². The lowest BCUT2D eigenvalue weighted by atomic mass is 10.1. The fourth-order valence-corrected chi connectivity index (χ4v) is 2.59. The monoisotopic (exact) mass is 327 g/mol. The van der Waals surface area contributed by atoms with Gasteiger partial charge in [-0.3, -0.25) is 9.97 Å². The number of furan rings is 1. The number of fused-ring (bicyclic) bond motifs is 1. The van der Waals surface area contributed by atoms with Crippen molar-refractivity contribution in [3.8, 4) is 23.1 Å². The van der Waals surface area contributed by atoms with Crippen LogP contribution in [0.1, 0.15) is 11.1 Å². The maximum atomic E-state index is 9.22. The largest absolute Gasteiger partial charge is 0.489 e. The molecule has 25 heavy (non-hydrogen) atoms. The van der Waals surface area contributed by atoms with Crippen molar-refractivity contribution in [3.63, 3.8) is 0 Å². The second kappa shape index (κ2) is 6.46. The molecule has 1 aromatic carbocycles. The molecular weight excluding hydrogens is 314 g/mol. The lowest BCUT2D eigenvalue weighted by Crippen LogP contribution is -1.95. The van der Waals surface area contributed by atoms with E-state index in [1.54, 1.807) is 24.7 Å². The van der Waals surface area contributed by atoms with Crippen LogP contribution in [0.4, 0.5) is 0 Å². The first-order chi connectivity index (χ1) is 12.3. The van der Waals surface area contributed by atoms with E-state index in [9.17, 15) is 5.26 Å². The van der Waals surface area contributed by atoms with Gasteiger partial charge in [-0.2, -0.15) is 5.26 Å². The number of hydrogen-bond donors (Lipinski definition) is 0. The Hall–Kier alpha value is -3.65. The van der Waals surface area contributed by atoms with E-state index in [0.717, 1.165) is 27.8 Å². The number of ether oxygens (including phenoxy) is 1. The minimum absolute atomic E-state index is 0.451. The van der Waals surface area contributed by atoms with E-state index in [4.69, 9.17) is 9.15 Å². The van der Waals surface area contributed by atoms with Gasteiger partial charge in [0, 0.05) is 41.3 Å². The van der Waals surface area contributed by atoms with E-state index in [-0.39, 0.29) is 0 Å². The summed E-state index contributed by atoms with van der Waals surface area (Å²) in [6.45, 7) is 0.451. The third-order valence-electron chi connectivity index (χ3n) is 3.82. The summed E-state index contributed by atoms with van der Waals surface area (Å²) in [6, 6.07) is 15.3. The summed E-state index contributed by atoms with van der Waals surface area (Å²) in [5, 5.41) is 10.1. The van der Waals surface area contributed by atoms with Gasteiger partial charge in [0.1, 0.15) is 29.8 Å². The van der Waals surface area contributed by atoms with Gasteiger partial charge in [-0.05, 0) is 36.4 Å². The first-order valence-electron chi connectivity index (χ1n) is 7.73. The van der Waals surface area contributed by atoms with Crippen molar-refractivity contribution in [2.75, 3.05) is 0 Å². The highest BCUT2D eigenvalue weighted by atomic mass is 16.5. The maximum Gasteiger partial charge on any atom is 0.136 e. The second-order valence-electron chi connectivity index (χ2n) is 5.49. The molecule has 0 saturated heterocycles. The molecule has 4 aromatic rings. The smallest absolute Gasteiger partial charge is 0.136 e. The number of nitrogens with zero attached hydrogens (tertiary/aromatic N) is 3. The van der Waals surface area contributed by atoms with Gasteiger partial charge in [-0.1, -0.05) is 6.07 Å². The Labute approximate surface area is 144 Å². The van der Waals surface area contributed by atoms with Gasteiger partial charge in [-0.25, -0.2) is 0 Å². The van der Waals surface area contributed by atoms with Gasteiger partial charge in [0.2, 0.25) is 0 Å². The maximum absolute atomic E-state index is 9.22. The Morgan fingerprint density at radius 2 is 1.96 bits per heavy atom.